The zero-order valence-electron chi connectivity index (χ0n) is 19.0. The van der Waals surface area contributed by atoms with E-state index in [4.69, 9.17) is 9.47 Å². The van der Waals surface area contributed by atoms with Crippen molar-refractivity contribution in [2.45, 2.75) is 84.8 Å². The van der Waals surface area contributed by atoms with Crippen LogP contribution in [0.1, 0.15) is 72.6 Å². The van der Waals surface area contributed by atoms with E-state index in [9.17, 15) is 19.5 Å². The summed E-state index contributed by atoms with van der Waals surface area (Å²) >= 11 is 0. The lowest BCUT2D eigenvalue weighted by atomic mass is 9.48. The van der Waals surface area contributed by atoms with Crippen molar-refractivity contribution >= 4 is 17.9 Å². The Balaban J connectivity index is 1.64. The summed E-state index contributed by atoms with van der Waals surface area (Å²) in [5, 5.41) is 9.40. The molecule has 4 aliphatic rings. The van der Waals surface area contributed by atoms with Crippen molar-refractivity contribution in [1.82, 2.24) is 0 Å². The number of esters is 2. The van der Waals surface area contributed by atoms with Gasteiger partial charge in [-0.2, -0.15) is 0 Å². The first kappa shape index (κ1) is 22.1. The normalized spacial score (nSPS) is 42.6. The Labute approximate surface area is 184 Å². The first-order chi connectivity index (χ1) is 14.5. The van der Waals surface area contributed by atoms with Gasteiger partial charge < -0.3 is 14.6 Å². The quantitative estimate of drug-likeness (QED) is 0.405. The molecule has 170 valence electrons. The Morgan fingerprint density at radius 1 is 1.03 bits per heavy atom. The number of carboxylic acid groups (broad SMARTS) is 1. The molecule has 0 spiro atoms. The molecule has 0 heterocycles. The molecule has 6 nitrogen and oxygen atoms in total. The topological polar surface area (TPSA) is 89.9 Å². The van der Waals surface area contributed by atoms with Crippen LogP contribution in [0.5, 0.6) is 0 Å². The molecule has 0 saturated heterocycles. The van der Waals surface area contributed by atoms with Crippen LogP contribution in [0.4, 0.5) is 0 Å². The smallest absolute Gasteiger partial charge is 0.328 e. The molecule has 4 rings (SSSR count). The van der Waals surface area contributed by atoms with E-state index in [-0.39, 0.29) is 28.9 Å². The standard InChI is InChI=1S/C25H34O6/c1-14(26)30-18-7-9-24(3)17(13-18)5-6-19-20(24)8-10-25(4)21(19)11-16(12-22(28)29)23(25)31-15(2)27/h5,12,18-21,23H,6-11,13H2,1-4H3,(H,28,29)/t18-,19+,20-,21-,23-,24-,25-/m0/s1. The summed E-state index contributed by atoms with van der Waals surface area (Å²) in [5.74, 6) is -0.292. The third kappa shape index (κ3) is 3.72. The van der Waals surface area contributed by atoms with Crippen molar-refractivity contribution in [3.63, 3.8) is 0 Å². The number of fused-ring (bicyclic) bond motifs is 5. The molecule has 0 aliphatic heterocycles. The third-order valence-electron chi connectivity index (χ3n) is 8.81. The molecule has 1 N–H and O–H groups in total. The number of allylic oxidation sites excluding steroid dienone is 1. The van der Waals surface area contributed by atoms with Crippen LogP contribution in [-0.4, -0.2) is 35.2 Å². The van der Waals surface area contributed by atoms with Crippen LogP contribution in [0, 0.1) is 28.6 Å². The van der Waals surface area contributed by atoms with Gasteiger partial charge in [0.2, 0.25) is 0 Å². The number of hydrogen-bond acceptors (Lipinski definition) is 5. The fraction of sp³-hybridized carbons (Fsp3) is 0.720. The van der Waals surface area contributed by atoms with E-state index in [1.165, 1.54) is 25.5 Å². The van der Waals surface area contributed by atoms with E-state index in [1.54, 1.807) is 0 Å². The predicted molar refractivity (Wildman–Crippen MR) is 114 cm³/mol. The van der Waals surface area contributed by atoms with Gasteiger partial charge in [-0.1, -0.05) is 25.5 Å². The van der Waals surface area contributed by atoms with Gasteiger partial charge in [-0.3, -0.25) is 9.59 Å². The number of carbonyl (C=O) groups is 3. The van der Waals surface area contributed by atoms with Crippen LogP contribution in [0.15, 0.2) is 23.3 Å². The zero-order chi connectivity index (χ0) is 22.6. The Morgan fingerprint density at radius 2 is 1.74 bits per heavy atom. The van der Waals surface area contributed by atoms with Crippen molar-refractivity contribution in [3.05, 3.63) is 23.3 Å². The molecule has 0 aromatic rings. The van der Waals surface area contributed by atoms with Gasteiger partial charge in [0.1, 0.15) is 12.2 Å². The van der Waals surface area contributed by atoms with Gasteiger partial charge in [0, 0.05) is 31.8 Å². The van der Waals surface area contributed by atoms with Crippen LogP contribution in [0.3, 0.4) is 0 Å². The summed E-state index contributed by atoms with van der Waals surface area (Å²) in [4.78, 5) is 34.7. The molecule has 6 heteroatoms. The van der Waals surface area contributed by atoms with E-state index in [0.717, 1.165) is 44.1 Å². The highest BCUT2D eigenvalue weighted by atomic mass is 16.5. The number of aliphatic carboxylic acids is 1. The number of rotatable bonds is 3. The minimum atomic E-state index is -0.979. The zero-order valence-corrected chi connectivity index (χ0v) is 19.0. The number of ether oxygens (including phenoxy) is 2. The first-order valence-corrected chi connectivity index (χ1v) is 11.5. The Bertz CT molecular complexity index is 856. The third-order valence-corrected chi connectivity index (χ3v) is 8.81. The molecule has 0 aromatic heterocycles. The van der Waals surface area contributed by atoms with E-state index in [2.05, 4.69) is 19.9 Å². The molecule has 0 bridgehead atoms. The van der Waals surface area contributed by atoms with E-state index in [1.807, 2.05) is 0 Å². The molecule has 0 aromatic carbocycles. The van der Waals surface area contributed by atoms with Crippen molar-refractivity contribution in [3.8, 4) is 0 Å². The minimum Gasteiger partial charge on any atom is -0.478 e. The van der Waals surface area contributed by atoms with E-state index < -0.39 is 12.1 Å². The summed E-state index contributed by atoms with van der Waals surface area (Å²) < 4.78 is 11.2. The van der Waals surface area contributed by atoms with Gasteiger partial charge in [0.15, 0.2) is 0 Å². The second-order valence-electron chi connectivity index (χ2n) is 10.5. The SMILES string of the molecule is CC(=O)O[C@H]1CC[C@@]2(C)C(=CC[C@H]3[C@@H]4CC(=CC(=O)O)[C@H](OC(C)=O)[C@@]4(C)CC[C@@H]32)C1. The minimum absolute atomic E-state index is 0.0211. The highest BCUT2D eigenvalue weighted by Gasteiger charge is 2.61. The molecular formula is C25H34O6. The van der Waals surface area contributed by atoms with Gasteiger partial charge in [0.05, 0.1) is 0 Å². The summed E-state index contributed by atoms with van der Waals surface area (Å²) in [6.45, 7) is 7.43. The fourth-order valence-electron chi connectivity index (χ4n) is 7.47. The maximum atomic E-state index is 11.8. The fourth-order valence-corrected chi connectivity index (χ4v) is 7.47. The second-order valence-corrected chi connectivity index (χ2v) is 10.5. The van der Waals surface area contributed by atoms with Crippen LogP contribution in [-0.2, 0) is 23.9 Å². The molecular weight excluding hydrogens is 396 g/mol. The monoisotopic (exact) mass is 430 g/mol. The summed E-state index contributed by atoms with van der Waals surface area (Å²) in [5.41, 5.74) is 2.03. The molecule has 0 unspecified atom stereocenters. The van der Waals surface area contributed by atoms with Crippen molar-refractivity contribution in [1.29, 1.82) is 0 Å². The van der Waals surface area contributed by atoms with Crippen LogP contribution >= 0.6 is 0 Å². The largest absolute Gasteiger partial charge is 0.478 e. The lowest BCUT2D eigenvalue weighted by Crippen LogP contribution is -2.51. The Morgan fingerprint density at radius 3 is 2.39 bits per heavy atom. The predicted octanol–water partition coefficient (Wildman–Crippen LogP) is 4.43. The summed E-state index contributed by atoms with van der Waals surface area (Å²) in [7, 11) is 0. The van der Waals surface area contributed by atoms with Gasteiger partial charge in [-0.25, -0.2) is 4.79 Å². The van der Waals surface area contributed by atoms with Crippen LogP contribution in [0.2, 0.25) is 0 Å². The molecule has 3 fully saturated rings. The molecule has 4 aliphatic carbocycles. The number of hydrogen-bond donors (Lipinski definition) is 1. The van der Waals surface area contributed by atoms with Crippen LogP contribution in [0.25, 0.3) is 0 Å². The lowest BCUT2D eigenvalue weighted by molar-refractivity contribution is -0.155. The first-order valence-electron chi connectivity index (χ1n) is 11.5. The Kier molecular flexibility index (Phi) is 5.55. The van der Waals surface area contributed by atoms with Gasteiger partial charge in [-0.15, -0.1) is 0 Å². The number of carboxylic acids is 1. The van der Waals surface area contributed by atoms with Gasteiger partial charge >= 0.3 is 17.9 Å². The van der Waals surface area contributed by atoms with E-state index in [0.29, 0.717) is 24.2 Å². The molecule has 31 heavy (non-hydrogen) atoms. The molecule has 0 radical (unpaired) electrons. The lowest BCUT2D eigenvalue weighted by Gasteiger charge is -2.57. The van der Waals surface area contributed by atoms with Gasteiger partial charge in [0.25, 0.3) is 0 Å². The second kappa shape index (κ2) is 7.79. The average Bonchev–Trinajstić information content (AvgIpc) is 2.92. The summed E-state index contributed by atoms with van der Waals surface area (Å²) in [6, 6.07) is 0. The summed E-state index contributed by atoms with van der Waals surface area (Å²) in [6.07, 6.45) is 9.47. The highest BCUT2D eigenvalue weighted by molar-refractivity contribution is 5.81. The highest BCUT2D eigenvalue weighted by Crippen LogP contribution is 2.66. The molecule has 3 saturated carbocycles. The van der Waals surface area contributed by atoms with Crippen molar-refractivity contribution in [2.24, 2.45) is 28.6 Å². The van der Waals surface area contributed by atoms with Crippen molar-refractivity contribution < 1.29 is 29.0 Å². The van der Waals surface area contributed by atoms with Crippen LogP contribution < -0.4 is 0 Å². The maximum Gasteiger partial charge on any atom is 0.328 e. The maximum absolute atomic E-state index is 11.8. The molecule has 7 atom stereocenters. The van der Waals surface area contributed by atoms with Gasteiger partial charge in [-0.05, 0) is 67.3 Å². The average molecular weight is 431 g/mol. The van der Waals surface area contributed by atoms with Crippen molar-refractivity contribution in [2.75, 3.05) is 0 Å². The van der Waals surface area contributed by atoms with E-state index >= 15 is 0 Å². The Hall–Kier alpha value is -2.11. The molecule has 0 amide bonds. The number of carbonyl (C=O) groups excluding carboxylic acids is 2.